The molecule has 6 rings (SSSR count). The van der Waals surface area contributed by atoms with E-state index in [2.05, 4.69) is 26.1 Å². The first-order chi connectivity index (χ1) is 20.4. The van der Waals surface area contributed by atoms with E-state index < -0.39 is 17.1 Å². The summed E-state index contributed by atoms with van der Waals surface area (Å²) in [5.74, 6) is -2.19. The molecule has 3 amide bonds. The third-order valence-corrected chi connectivity index (χ3v) is 10.8. The number of thioether (sulfide) groups is 1. The standard InChI is InChI=1S/C33H30ClN3O4S2/c1-18-5-15-23(16-6-18)37-29(39)26-25(19-7-9-20(10-8-19)33(2,3)4)28-31(42-27(26)30(37)40)36(32(41)43-28)17-24(38)35-22-13-11-21(34)12-14-22/h5-16,25-27H,17H2,1-4H3,(H,35,38). The van der Waals surface area contributed by atoms with Gasteiger partial charge in [0, 0.05) is 21.5 Å². The van der Waals surface area contributed by atoms with Crippen molar-refractivity contribution >= 4 is 63.8 Å². The van der Waals surface area contributed by atoms with E-state index in [1.54, 1.807) is 36.4 Å². The lowest BCUT2D eigenvalue weighted by molar-refractivity contribution is -0.122. The van der Waals surface area contributed by atoms with Crippen molar-refractivity contribution < 1.29 is 14.4 Å². The van der Waals surface area contributed by atoms with Crippen LogP contribution < -0.4 is 15.1 Å². The molecular weight excluding hydrogens is 602 g/mol. The number of benzene rings is 3. The summed E-state index contributed by atoms with van der Waals surface area (Å²) >= 11 is 8.21. The second-order valence-corrected chi connectivity index (χ2v) is 14.5. The Hall–Kier alpha value is -3.66. The van der Waals surface area contributed by atoms with Crippen LogP contribution in [0.15, 0.2) is 82.6 Å². The number of thiazole rings is 1. The van der Waals surface area contributed by atoms with Gasteiger partial charge in [0.05, 0.1) is 16.6 Å². The molecule has 1 aromatic heterocycles. The van der Waals surface area contributed by atoms with Crippen LogP contribution in [-0.4, -0.2) is 27.5 Å². The SMILES string of the molecule is Cc1ccc(N2C(=O)C3Sc4c(sc(=O)n4CC(=O)Nc4ccc(Cl)cc4)C(c4ccc(C(C)(C)C)cc4)C3C2=O)cc1. The van der Waals surface area contributed by atoms with Gasteiger partial charge in [0.15, 0.2) is 0 Å². The molecule has 0 radical (unpaired) electrons. The summed E-state index contributed by atoms with van der Waals surface area (Å²) in [7, 11) is 0. The number of rotatable bonds is 5. The zero-order valence-corrected chi connectivity index (χ0v) is 26.5. The smallest absolute Gasteiger partial charge is 0.308 e. The molecule has 1 fully saturated rings. The first kappa shape index (κ1) is 29.4. The van der Waals surface area contributed by atoms with E-state index >= 15 is 0 Å². The van der Waals surface area contributed by atoms with Crippen molar-refractivity contribution in [1.29, 1.82) is 0 Å². The topological polar surface area (TPSA) is 88.5 Å². The number of halogens is 1. The van der Waals surface area contributed by atoms with Gasteiger partial charge in [-0.3, -0.25) is 23.7 Å². The zero-order chi connectivity index (χ0) is 30.6. The van der Waals surface area contributed by atoms with Crippen LogP contribution in [-0.2, 0) is 26.3 Å². The second-order valence-electron chi connectivity index (χ2n) is 11.9. The molecule has 1 N–H and O–H groups in total. The molecule has 3 aromatic carbocycles. The fraction of sp³-hybridized carbons (Fsp3) is 0.273. The lowest BCUT2D eigenvalue weighted by atomic mass is 9.81. The molecule has 220 valence electrons. The van der Waals surface area contributed by atoms with E-state index in [1.165, 1.54) is 21.2 Å². The number of imide groups is 1. The minimum Gasteiger partial charge on any atom is -0.325 e. The number of hydrogen-bond donors (Lipinski definition) is 1. The Morgan fingerprint density at radius 1 is 0.907 bits per heavy atom. The lowest BCUT2D eigenvalue weighted by Gasteiger charge is -2.31. The van der Waals surface area contributed by atoms with Crippen molar-refractivity contribution in [1.82, 2.24) is 4.57 Å². The summed E-state index contributed by atoms with van der Waals surface area (Å²) in [6, 6.07) is 22.1. The van der Waals surface area contributed by atoms with Crippen LogP contribution in [0.2, 0.25) is 5.02 Å². The van der Waals surface area contributed by atoms with E-state index in [0.717, 1.165) is 28.0 Å². The number of aryl methyl sites for hydroxylation is 1. The summed E-state index contributed by atoms with van der Waals surface area (Å²) in [4.78, 5) is 56.1. The number of carbonyl (C=O) groups excluding carboxylic acids is 3. The van der Waals surface area contributed by atoms with Gasteiger partial charge in [-0.15, -0.1) is 0 Å². The number of amides is 3. The van der Waals surface area contributed by atoms with E-state index in [1.807, 2.05) is 43.3 Å². The Morgan fingerprint density at radius 2 is 1.56 bits per heavy atom. The van der Waals surface area contributed by atoms with Gasteiger partial charge < -0.3 is 5.32 Å². The van der Waals surface area contributed by atoms with Crippen molar-refractivity contribution in [3.05, 3.63) is 109 Å². The van der Waals surface area contributed by atoms with Crippen LogP contribution in [0.4, 0.5) is 11.4 Å². The van der Waals surface area contributed by atoms with Crippen LogP contribution in [0.1, 0.15) is 48.3 Å². The fourth-order valence-electron chi connectivity index (χ4n) is 5.63. The highest BCUT2D eigenvalue weighted by atomic mass is 35.5. The maximum absolute atomic E-state index is 14.1. The third kappa shape index (κ3) is 5.46. The van der Waals surface area contributed by atoms with Crippen molar-refractivity contribution in [2.75, 3.05) is 10.2 Å². The molecule has 0 aliphatic carbocycles. The quantitative estimate of drug-likeness (QED) is 0.251. The van der Waals surface area contributed by atoms with Gasteiger partial charge in [-0.25, -0.2) is 4.90 Å². The Morgan fingerprint density at radius 3 is 2.19 bits per heavy atom. The molecule has 4 aromatic rings. The number of nitrogens with zero attached hydrogens (tertiary/aromatic N) is 2. The highest BCUT2D eigenvalue weighted by molar-refractivity contribution is 8.00. The molecule has 3 heterocycles. The number of fused-ring (bicyclic) bond motifs is 2. The molecule has 2 aliphatic rings. The summed E-state index contributed by atoms with van der Waals surface area (Å²) in [6.45, 7) is 8.12. The molecule has 7 nitrogen and oxygen atoms in total. The minimum absolute atomic E-state index is 0.0678. The van der Waals surface area contributed by atoms with Gasteiger partial charge in [0.1, 0.15) is 11.8 Å². The molecule has 3 unspecified atom stereocenters. The summed E-state index contributed by atoms with van der Waals surface area (Å²) in [5, 5.41) is 3.17. The van der Waals surface area contributed by atoms with Crippen LogP contribution in [0, 0.1) is 12.8 Å². The van der Waals surface area contributed by atoms with Gasteiger partial charge in [0.25, 0.3) is 0 Å². The first-order valence-electron chi connectivity index (χ1n) is 13.9. The summed E-state index contributed by atoms with van der Waals surface area (Å²) < 4.78 is 1.43. The zero-order valence-electron chi connectivity index (χ0n) is 24.1. The Balaban J connectivity index is 1.41. The molecule has 43 heavy (non-hydrogen) atoms. The molecule has 0 saturated carbocycles. The van der Waals surface area contributed by atoms with Gasteiger partial charge in [0.2, 0.25) is 17.7 Å². The number of aromatic nitrogens is 1. The summed E-state index contributed by atoms with van der Waals surface area (Å²) in [6.07, 6.45) is 0. The van der Waals surface area contributed by atoms with Crippen LogP contribution in [0.3, 0.4) is 0 Å². The highest BCUT2D eigenvalue weighted by Gasteiger charge is 2.56. The third-order valence-electron chi connectivity index (χ3n) is 7.91. The van der Waals surface area contributed by atoms with Crippen molar-refractivity contribution in [3.8, 4) is 0 Å². The molecular formula is C33H30ClN3O4S2. The van der Waals surface area contributed by atoms with Gasteiger partial charge in [-0.2, -0.15) is 0 Å². The molecule has 10 heteroatoms. The average molecular weight is 632 g/mol. The minimum atomic E-state index is -0.742. The van der Waals surface area contributed by atoms with Gasteiger partial charge in [-0.05, 0) is 59.9 Å². The van der Waals surface area contributed by atoms with Crippen LogP contribution >= 0.6 is 34.7 Å². The average Bonchev–Trinajstić information content (AvgIpc) is 3.40. The Labute approximate surface area is 262 Å². The largest absolute Gasteiger partial charge is 0.325 e. The molecule has 2 aliphatic heterocycles. The van der Waals surface area contributed by atoms with E-state index in [9.17, 15) is 19.2 Å². The predicted molar refractivity (Wildman–Crippen MR) is 172 cm³/mol. The Bertz CT molecular complexity index is 1790. The lowest BCUT2D eigenvalue weighted by Crippen LogP contribution is -2.33. The van der Waals surface area contributed by atoms with E-state index in [-0.39, 0.29) is 34.6 Å². The highest BCUT2D eigenvalue weighted by Crippen LogP contribution is 2.54. The fourth-order valence-corrected chi connectivity index (χ4v) is 8.53. The van der Waals surface area contributed by atoms with Crippen LogP contribution in [0.25, 0.3) is 0 Å². The number of nitrogens with one attached hydrogen (secondary N) is 1. The molecule has 0 bridgehead atoms. The number of anilines is 2. The maximum atomic E-state index is 14.1. The predicted octanol–water partition coefficient (Wildman–Crippen LogP) is 6.60. The van der Waals surface area contributed by atoms with Crippen molar-refractivity contribution in [2.24, 2.45) is 5.92 Å². The first-order valence-corrected chi connectivity index (χ1v) is 16.0. The normalized spacial score (nSPS) is 19.7. The molecule has 1 saturated heterocycles. The monoisotopic (exact) mass is 631 g/mol. The maximum Gasteiger partial charge on any atom is 0.308 e. The van der Waals surface area contributed by atoms with Crippen LogP contribution in [0.5, 0.6) is 0 Å². The van der Waals surface area contributed by atoms with Gasteiger partial charge in [-0.1, -0.05) is 97.4 Å². The van der Waals surface area contributed by atoms with E-state index in [4.69, 9.17) is 11.6 Å². The Kier molecular flexibility index (Phi) is 7.61. The number of hydrogen-bond acceptors (Lipinski definition) is 6. The van der Waals surface area contributed by atoms with E-state index in [0.29, 0.717) is 26.3 Å². The van der Waals surface area contributed by atoms with Gasteiger partial charge >= 0.3 is 4.87 Å². The van der Waals surface area contributed by atoms with Crippen molar-refractivity contribution in [3.63, 3.8) is 0 Å². The number of carbonyl (C=O) groups is 3. The summed E-state index contributed by atoms with van der Waals surface area (Å²) in [5.41, 5.74) is 4.03. The molecule has 0 spiro atoms. The van der Waals surface area contributed by atoms with Crippen molar-refractivity contribution in [2.45, 2.75) is 55.8 Å². The molecule has 3 atom stereocenters. The second kappa shape index (κ2) is 11.1.